The molecule has 2 saturated carbocycles. The van der Waals surface area contributed by atoms with Crippen molar-refractivity contribution in [3.63, 3.8) is 0 Å². The number of fused-ring (bicyclic) bond motifs is 5. The molecule has 2 aromatic rings. The number of rotatable bonds is 2. The van der Waals surface area contributed by atoms with Crippen molar-refractivity contribution < 1.29 is 23.4 Å². The van der Waals surface area contributed by atoms with E-state index in [1.54, 1.807) is 12.1 Å². The summed E-state index contributed by atoms with van der Waals surface area (Å²) in [7, 11) is 0. The topological polar surface area (TPSA) is 40.5 Å². The maximum atomic E-state index is 12.8. The number of aliphatic hydroxyl groups is 1. The van der Waals surface area contributed by atoms with Gasteiger partial charge >= 0.3 is 6.18 Å². The van der Waals surface area contributed by atoms with Crippen LogP contribution in [0.3, 0.4) is 0 Å². The van der Waals surface area contributed by atoms with Gasteiger partial charge in [0.05, 0.1) is 11.2 Å². The number of halogens is 3. The van der Waals surface area contributed by atoms with Crippen LogP contribution < -0.4 is 0 Å². The molecule has 0 aromatic heterocycles. The van der Waals surface area contributed by atoms with E-state index in [0.29, 0.717) is 35.5 Å². The molecule has 32 heavy (non-hydrogen) atoms. The van der Waals surface area contributed by atoms with Crippen LogP contribution in [0.15, 0.2) is 48.5 Å². The Morgan fingerprint density at radius 2 is 1.75 bits per heavy atom. The highest BCUT2D eigenvalue weighted by atomic mass is 19.4. The van der Waals surface area contributed by atoms with Gasteiger partial charge in [-0.2, -0.15) is 13.2 Å². The van der Waals surface area contributed by atoms with Crippen LogP contribution >= 0.6 is 0 Å². The molecule has 0 bridgehead atoms. The van der Waals surface area contributed by atoms with Crippen LogP contribution in [0.1, 0.15) is 67.2 Å². The molecule has 2 N–H and O–H groups in total. The zero-order valence-electron chi connectivity index (χ0n) is 18.2. The first kappa shape index (κ1) is 21.6. The summed E-state index contributed by atoms with van der Waals surface area (Å²) >= 11 is 0. The van der Waals surface area contributed by atoms with Gasteiger partial charge in [-0.15, -0.1) is 0 Å². The van der Waals surface area contributed by atoms with Gasteiger partial charge in [0.1, 0.15) is 5.75 Å². The minimum atomic E-state index is -4.34. The lowest BCUT2D eigenvalue weighted by molar-refractivity contribution is -0.137. The Bertz CT molecular complexity index is 1040. The summed E-state index contributed by atoms with van der Waals surface area (Å²) in [6, 6.07) is 10.9. The highest BCUT2D eigenvalue weighted by Crippen LogP contribution is 2.64. The Balaban J connectivity index is 1.38. The van der Waals surface area contributed by atoms with Gasteiger partial charge in [-0.1, -0.05) is 37.3 Å². The molecule has 3 aliphatic carbocycles. The molecule has 170 valence electrons. The Labute approximate surface area is 186 Å². The maximum Gasteiger partial charge on any atom is 0.416 e. The number of phenols is 1. The molecule has 5 atom stereocenters. The normalized spacial score (nSPS) is 34.2. The monoisotopic (exact) mass is 442 g/mol. The molecule has 0 saturated heterocycles. The van der Waals surface area contributed by atoms with Crippen LogP contribution in [0.2, 0.25) is 0 Å². The fourth-order valence-corrected chi connectivity index (χ4v) is 6.91. The second kappa shape index (κ2) is 7.38. The van der Waals surface area contributed by atoms with Crippen LogP contribution in [0, 0.1) is 17.3 Å². The Hall–Kier alpha value is -2.27. The molecule has 3 aliphatic rings. The molecule has 0 heterocycles. The lowest BCUT2D eigenvalue weighted by atomic mass is 9.53. The quantitative estimate of drug-likeness (QED) is 0.543. The largest absolute Gasteiger partial charge is 0.508 e. The van der Waals surface area contributed by atoms with E-state index in [-0.39, 0.29) is 5.41 Å². The first-order chi connectivity index (χ1) is 15.1. The minimum absolute atomic E-state index is 0.245. The van der Waals surface area contributed by atoms with Crippen molar-refractivity contribution in [2.75, 3.05) is 0 Å². The fraction of sp³-hybridized carbons (Fsp3) is 0.481. The zero-order valence-corrected chi connectivity index (χ0v) is 18.2. The Kier molecular flexibility index (Phi) is 4.97. The average molecular weight is 443 g/mol. The summed E-state index contributed by atoms with van der Waals surface area (Å²) in [5.74, 6) is 1.72. The first-order valence-corrected chi connectivity index (χ1v) is 11.5. The third-order valence-electron chi connectivity index (χ3n) is 8.71. The van der Waals surface area contributed by atoms with E-state index in [9.17, 15) is 23.4 Å². The van der Waals surface area contributed by atoms with E-state index in [0.717, 1.165) is 44.2 Å². The van der Waals surface area contributed by atoms with Crippen LogP contribution in [0.25, 0.3) is 6.08 Å². The molecular weight excluding hydrogens is 413 g/mol. The lowest BCUT2D eigenvalue weighted by Crippen LogP contribution is -2.49. The van der Waals surface area contributed by atoms with Crippen molar-refractivity contribution in [2.45, 2.75) is 63.1 Å². The molecule has 0 radical (unpaired) electrons. The zero-order chi connectivity index (χ0) is 22.7. The summed E-state index contributed by atoms with van der Waals surface area (Å²) in [5.41, 5.74) is 1.41. The number of hydrogen-bond donors (Lipinski definition) is 2. The maximum absolute atomic E-state index is 12.8. The van der Waals surface area contributed by atoms with Crippen LogP contribution in [0.4, 0.5) is 13.2 Å². The lowest BCUT2D eigenvalue weighted by Gasteiger charge is -2.52. The number of benzene rings is 2. The van der Waals surface area contributed by atoms with Crippen LogP contribution in [-0.2, 0) is 12.6 Å². The fourth-order valence-electron chi connectivity index (χ4n) is 6.91. The smallest absolute Gasteiger partial charge is 0.416 e. The molecular formula is C27H29F3O2. The van der Waals surface area contributed by atoms with E-state index >= 15 is 0 Å². The number of hydrogen-bond acceptors (Lipinski definition) is 2. The van der Waals surface area contributed by atoms with E-state index in [1.807, 2.05) is 12.1 Å². The number of phenolic OH excluding ortho intramolecular Hbond substituents is 1. The van der Waals surface area contributed by atoms with Gasteiger partial charge in [-0.3, -0.25) is 0 Å². The van der Waals surface area contributed by atoms with Crippen molar-refractivity contribution in [1.29, 1.82) is 0 Å². The highest BCUT2D eigenvalue weighted by Gasteiger charge is 2.60. The molecule has 0 aliphatic heterocycles. The predicted molar refractivity (Wildman–Crippen MR) is 118 cm³/mol. The molecule has 5 heteroatoms. The van der Waals surface area contributed by atoms with Gasteiger partial charge in [0, 0.05) is 5.41 Å². The third-order valence-corrected chi connectivity index (χ3v) is 8.71. The number of aromatic hydroxyl groups is 1. The highest BCUT2D eigenvalue weighted by molar-refractivity contribution is 5.52. The predicted octanol–water partition coefficient (Wildman–Crippen LogP) is 6.71. The van der Waals surface area contributed by atoms with Gasteiger partial charge in [0.2, 0.25) is 0 Å². The third kappa shape index (κ3) is 3.37. The van der Waals surface area contributed by atoms with Crippen molar-refractivity contribution in [2.24, 2.45) is 17.3 Å². The van der Waals surface area contributed by atoms with E-state index in [2.05, 4.69) is 13.0 Å². The standard InChI is InChI=1S/C27H29F3O2/c1-25-13-11-22-21-9-7-20(31)16-18(21)4-8-23(22)24(25)12-15-26(25,32)14-10-17-2-5-19(6-3-17)27(28,29)30/h2-3,5-7,9-10,14,16,22-24,31-32H,4,8,11-13,15H2,1H3/b14-10+/t22-,23-,24+,25+,26+/m1/s1. The van der Waals surface area contributed by atoms with Crippen molar-refractivity contribution in [3.8, 4) is 5.75 Å². The van der Waals surface area contributed by atoms with Gasteiger partial charge in [-0.25, -0.2) is 0 Å². The molecule has 2 aromatic carbocycles. The van der Waals surface area contributed by atoms with Gasteiger partial charge in [-0.05, 0) is 97.2 Å². The Morgan fingerprint density at radius 3 is 2.47 bits per heavy atom. The molecule has 0 amide bonds. The van der Waals surface area contributed by atoms with Gasteiger partial charge in [0.25, 0.3) is 0 Å². The molecule has 5 rings (SSSR count). The summed E-state index contributed by atoms with van der Waals surface area (Å²) in [5, 5.41) is 21.6. The minimum Gasteiger partial charge on any atom is -0.508 e. The van der Waals surface area contributed by atoms with Crippen LogP contribution in [0.5, 0.6) is 5.75 Å². The summed E-state index contributed by atoms with van der Waals surface area (Å²) in [6.45, 7) is 2.20. The van der Waals surface area contributed by atoms with E-state index in [4.69, 9.17) is 0 Å². The number of alkyl halides is 3. The second-order valence-corrected chi connectivity index (χ2v) is 10.2. The second-order valence-electron chi connectivity index (χ2n) is 10.2. The van der Waals surface area contributed by atoms with Crippen molar-refractivity contribution >= 4 is 6.08 Å². The molecule has 2 nitrogen and oxygen atoms in total. The van der Waals surface area contributed by atoms with Gasteiger partial charge < -0.3 is 10.2 Å². The number of aryl methyl sites for hydroxylation is 1. The summed E-state index contributed by atoms with van der Waals surface area (Å²) < 4.78 is 38.5. The summed E-state index contributed by atoms with van der Waals surface area (Å²) in [4.78, 5) is 0. The SMILES string of the molecule is C[C@]12CC[C@@H]3c4ccc(O)cc4CC[C@H]3[C@@H]1CC[C@@]2(O)/C=C/c1ccc(C(F)(F)F)cc1. The molecule has 0 unspecified atom stereocenters. The average Bonchev–Trinajstić information content (AvgIpc) is 3.03. The molecule has 0 spiro atoms. The Morgan fingerprint density at radius 1 is 1.00 bits per heavy atom. The van der Waals surface area contributed by atoms with Crippen molar-refractivity contribution in [1.82, 2.24) is 0 Å². The first-order valence-electron chi connectivity index (χ1n) is 11.5. The van der Waals surface area contributed by atoms with Crippen LogP contribution in [-0.4, -0.2) is 15.8 Å². The van der Waals surface area contributed by atoms with Gasteiger partial charge in [0.15, 0.2) is 0 Å². The van der Waals surface area contributed by atoms with E-state index in [1.165, 1.54) is 23.3 Å². The molecule has 2 fully saturated rings. The summed E-state index contributed by atoms with van der Waals surface area (Å²) in [6.07, 6.45) is 4.85. The van der Waals surface area contributed by atoms with Crippen molar-refractivity contribution in [3.05, 3.63) is 70.8 Å². The van der Waals surface area contributed by atoms with E-state index < -0.39 is 17.3 Å².